The van der Waals surface area contributed by atoms with E-state index in [4.69, 9.17) is 0 Å². The predicted molar refractivity (Wildman–Crippen MR) is 139 cm³/mol. The molecule has 2 rings (SSSR count). The number of carbonyl (C=O) groups is 2. The molecule has 2 amide bonds. The summed E-state index contributed by atoms with van der Waals surface area (Å²) in [6.45, 7) is 1.51. The van der Waals surface area contributed by atoms with E-state index in [1.807, 2.05) is 74.8 Å². The lowest BCUT2D eigenvalue weighted by Gasteiger charge is -2.08. The Labute approximate surface area is 202 Å². The molecule has 0 aromatic heterocycles. The van der Waals surface area contributed by atoms with Gasteiger partial charge in [0.25, 0.3) is 0 Å². The highest BCUT2D eigenvalue weighted by molar-refractivity contribution is 5.99. The van der Waals surface area contributed by atoms with Gasteiger partial charge in [0.2, 0.25) is 11.8 Å². The second-order valence-corrected chi connectivity index (χ2v) is 7.61. The smallest absolute Gasteiger partial charge is 0.248 e. The lowest BCUT2D eigenvalue weighted by atomic mass is 10.0. The average Bonchev–Trinajstić information content (AvgIpc) is 2.83. The van der Waals surface area contributed by atoms with Crippen LogP contribution in [-0.4, -0.2) is 39.0 Å². The van der Waals surface area contributed by atoms with Gasteiger partial charge in [0, 0.05) is 24.5 Å². The molecule has 0 aliphatic heterocycles. The Morgan fingerprint density at radius 2 is 1.15 bits per heavy atom. The van der Waals surface area contributed by atoms with E-state index in [-0.39, 0.29) is 11.8 Å². The van der Waals surface area contributed by atoms with Gasteiger partial charge in [-0.2, -0.15) is 0 Å². The van der Waals surface area contributed by atoms with Crippen LogP contribution in [0.4, 0.5) is 11.4 Å². The van der Waals surface area contributed by atoms with E-state index in [0.717, 1.165) is 61.3 Å². The first-order valence-corrected chi connectivity index (χ1v) is 11.5. The zero-order valence-electron chi connectivity index (χ0n) is 20.0. The standard InChI is InChI=1S/C26H36N6O2/c1-27-29-17-5-3-13-25(33)31-23-11-7-9-21(19-23)15-16-22-10-8-12-24(20-22)32-26(34)14-4-6-18-30-28-2/h3-4,7-14,19-20,27-30H,5-6,15-18H2,1-2H3,(H,31,33)(H,32,34). The molecule has 2 aromatic carbocycles. The summed E-state index contributed by atoms with van der Waals surface area (Å²) in [5, 5.41) is 5.81. The largest absolute Gasteiger partial charge is 0.323 e. The van der Waals surface area contributed by atoms with E-state index in [0.29, 0.717) is 0 Å². The van der Waals surface area contributed by atoms with Crippen molar-refractivity contribution in [2.75, 3.05) is 37.8 Å². The molecular weight excluding hydrogens is 428 g/mol. The molecule has 8 nitrogen and oxygen atoms in total. The van der Waals surface area contributed by atoms with Crippen molar-refractivity contribution >= 4 is 23.2 Å². The van der Waals surface area contributed by atoms with Crippen molar-refractivity contribution in [1.29, 1.82) is 0 Å². The maximum absolute atomic E-state index is 12.1. The lowest BCUT2D eigenvalue weighted by Crippen LogP contribution is -2.27. The van der Waals surface area contributed by atoms with Gasteiger partial charge in [0.15, 0.2) is 0 Å². The minimum Gasteiger partial charge on any atom is -0.323 e. The summed E-state index contributed by atoms with van der Waals surface area (Å²) in [6.07, 6.45) is 9.96. The lowest BCUT2D eigenvalue weighted by molar-refractivity contribution is -0.112. The van der Waals surface area contributed by atoms with Crippen LogP contribution in [0.3, 0.4) is 0 Å². The number of carbonyl (C=O) groups excluding carboxylic acids is 2. The van der Waals surface area contributed by atoms with Gasteiger partial charge in [-0.3, -0.25) is 31.3 Å². The normalized spacial score (nSPS) is 11.2. The fraction of sp³-hybridized carbons (Fsp3) is 0.308. The minimum absolute atomic E-state index is 0.141. The van der Waals surface area contributed by atoms with Crippen molar-refractivity contribution in [3.8, 4) is 0 Å². The molecule has 0 bridgehead atoms. The van der Waals surface area contributed by atoms with E-state index in [9.17, 15) is 9.59 Å². The zero-order chi connectivity index (χ0) is 24.4. The highest BCUT2D eigenvalue weighted by Crippen LogP contribution is 2.16. The summed E-state index contributed by atoms with van der Waals surface area (Å²) in [4.78, 5) is 24.2. The highest BCUT2D eigenvalue weighted by Gasteiger charge is 2.03. The first kappa shape index (κ1) is 26.9. The van der Waals surface area contributed by atoms with Gasteiger partial charge in [-0.1, -0.05) is 36.4 Å². The highest BCUT2D eigenvalue weighted by atomic mass is 16.2. The third kappa shape index (κ3) is 11.5. The zero-order valence-corrected chi connectivity index (χ0v) is 20.0. The number of nitrogens with one attached hydrogen (secondary N) is 6. The molecule has 182 valence electrons. The Morgan fingerprint density at radius 3 is 1.56 bits per heavy atom. The number of hydrazine groups is 2. The first-order valence-electron chi connectivity index (χ1n) is 11.5. The van der Waals surface area contributed by atoms with Crippen LogP contribution in [0.1, 0.15) is 24.0 Å². The van der Waals surface area contributed by atoms with Gasteiger partial charge in [-0.25, -0.2) is 0 Å². The van der Waals surface area contributed by atoms with Crippen LogP contribution in [0.15, 0.2) is 72.8 Å². The molecule has 0 saturated heterocycles. The van der Waals surface area contributed by atoms with E-state index >= 15 is 0 Å². The van der Waals surface area contributed by atoms with Crippen molar-refractivity contribution in [3.63, 3.8) is 0 Å². The number of hydrogen-bond acceptors (Lipinski definition) is 6. The van der Waals surface area contributed by atoms with Crippen LogP contribution >= 0.6 is 0 Å². The van der Waals surface area contributed by atoms with Gasteiger partial charge < -0.3 is 10.6 Å². The molecule has 34 heavy (non-hydrogen) atoms. The van der Waals surface area contributed by atoms with Crippen LogP contribution in [0, 0.1) is 0 Å². The Morgan fingerprint density at radius 1 is 0.706 bits per heavy atom. The fourth-order valence-electron chi connectivity index (χ4n) is 3.21. The summed E-state index contributed by atoms with van der Waals surface area (Å²) >= 11 is 0. The van der Waals surface area contributed by atoms with Crippen molar-refractivity contribution in [1.82, 2.24) is 21.7 Å². The third-order valence-corrected chi connectivity index (χ3v) is 4.86. The molecule has 0 aliphatic carbocycles. The molecular formula is C26H36N6O2. The second-order valence-electron chi connectivity index (χ2n) is 7.61. The molecule has 0 atom stereocenters. The number of anilines is 2. The van der Waals surface area contributed by atoms with Gasteiger partial charge in [0.05, 0.1) is 0 Å². The van der Waals surface area contributed by atoms with Crippen molar-refractivity contribution in [3.05, 3.63) is 84.0 Å². The van der Waals surface area contributed by atoms with Crippen LogP contribution in [0.2, 0.25) is 0 Å². The molecule has 0 heterocycles. The molecule has 8 heteroatoms. The Hall–Kier alpha value is -3.30. The summed E-state index contributed by atoms with van der Waals surface area (Å²) in [6, 6.07) is 15.7. The summed E-state index contributed by atoms with van der Waals surface area (Å²) in [5.74, 6) is -0.283. The monoisotopic (exact) mass is 464 g/mol. The molecule has 0 aliphatic rings. The van der Waals surface area contributed by atoms with Crippen molar-refractivity contribution < 1.29 is 9.59 Å². The van der Waals surface area contributed by atoms with Gasteiger partial charge in [-0.05, 0) is 87.3 Å². The van der Waals surface area contributed by atoms with Gasteiger partial charge in [-0.15, -0.1) is 0 Å². The number of hydrogen-bond donors (Lipinski definition) is 6. The summed E-state index contributed by atoms with van der Waals surface area (Å²) < 4.78 is 0. The van der Waals surface area contributed by atoms with Crippen LogP contribution in [0.5, 0.6) is 0 Å². The fourth-order valence-corrected chi connectivity index (χ4v) is 3.21. The van der Waals surface area contributed by atoms with Crippen LogP contribution in [-0.2, 0) is 22.4 Å². The van der Waals surface area contributed by atoms with E-state index in [2.05, 4.69) is 32.3 Å². The maximum Gasteiger partial charge on any atom is 0.248 e. The number of amides is 2. The van der Waals surface area contributed by atoms with Gasteiger partial charge >= 0.3 is 0 Å². The molecule has 0 spiro atoms. The number of rotatable bonds is 15. The molecule has 0 saturated carbocycles. The minimum atomic E-state index is -0.141. The van der Waals surface area contributed by atoms with Gasteiger partial charge in [0.1, 0.15) is 0 Å². The number of aryl methyl sites for hydroxylation is 2. The van der Waals surface area contributed by atoms with Crippen LogP contribution in [0.25, 0.3) is 0 Å². The Balaban J connectivity index is 1.83. The maximum atomic E-state index is 12.1. The molecule has 0 radical (unpaired) electrons. The van der Waals surface area contributed by atoms with Crippen molar-refractivity contribution in [2.24, 2.45) is 0 Å². The van der Waals surface area contributed by atoms with E-state index in [1.165, 1.54) is 0 Å². The molecule has 0 unspecified atom stereocenters. The molecule has 2 aromatic rings. The summed E-state index contributed by atoms with van der Waals surface area (Å²) in [5.41, 5.74) is 15.4. The Kier molecular flexibility index (Phi) is 12.9. The van der Waals surface area contributed by atoms with E-state index in [1.54, 1.807) is 12.2 Å². The Bertz CT molecular complexity index is 880. The van der Waals surface area contributed by atoms with Crippen LogP contribution < -0.4 is 32.3 Å². The molecule has 6 N–H and O–H groups in total. The third-order valence-electron chi connectivity index (χ3n) is 4.86. The van der Waals surface area contributed by atoms with E-state index < -0.39 is 0 Å². The second kappa shape index (κ2) is 16.3. The first-order chi connectivity index (χ1) is 16.6. The van der Waals surface area contributed by atoms with Crippen molar-refractivity contribution in [2.45, 2.75) is 25.7 Å². The predicted octanol–water partition coefficient (Wildman–Crippen LogP) is 2.69. The quantitative estimate of drug-likeness (QED) is 0.138. The average molecular weight is 465 g/mol. The SMILES string of the molecule is CNNCCC=CC(=O)Nc1cccc(CCc2cccc(NC(=O)C=CCCNNC)c2)c1. The summed E-state index contributed by atoms with van der Waals surface area (Å²) in [7, 11) is 3.62. The topological polar surface area (TPSA) is 106 Å². The number of benzene rings is 2. The molecule has 0 fully saturated rings.